The third kappa shape index (κ3) is 4.49. The van der Waals surface area contributed by atoms with Crippen molar-refractivity contribution < 1.29 is 14.3 Å². The van der Waals surface area contributed by atoms with Crippen LogP contribution in [0.2, 0.25) is 0 Å². The van der Waals surface area contributed by atoms with Gasteiger partial charge in [0.25, 0.3) is 0 Å². The lowest BCUT2D eigenvalue weighted by molar-refractivity contribution is -0.119. The van der Waals surface area contributed by atoms with E-state index < -0.39 is 0 Å². The molecule has 142 valence electrons. The van der Waals surface area contributed by atoms with E-state index in [1.807, 2.05) is 54.4 Å². The number of rotatable bonds is 8. The first-order chi connectivity index (χ1) is 13.1. The normalized spacial score (nSPS) is 10.6. The highest BCUT2D eigenvalue weighted by atomic mass is 32.1. The molecule has 0 aliphatic carbocycles. The van der Waals surface area contributed by atoms with Gasteiger partial charge in [0.2, 0.25) is 5.91 Å². The Morgan fingerprint density at radius 2 is 1.85 bits per heavy atom. The van der Waals surface area contributed by atoms with Crippen LogP contribution in [0.5, 0.6) is 11.5 Å². The van der Waals surface area contributed by atoms with Gasteiger partial charge in [-0.15, -0.1) is 0 Å². The number of carbonyl (C=O) groups is 1. The second-order valence-corrected chi connectivity index (χ2v) is 7.08. The molecule has 27 heavy (non-hydrogen) atoms. The van der Waals surface area contributed by atoms with Crippen LogP contribution < -0.4 is 19.7 Å². The number of nitrogens with one attached hydrogen (secondary N) is 1. The van der Waals surface area contributed by atoms with Crippen LogP contribution in [-0.2, 0) is 11.2 Å². The molecule has 3 rings (SSSR count). The fourth-order valence-corrected chi connectivity index (χ4v) is 3.77. The van der Waals surface area contributed by atoms with Crippen LogP contribution in [-0.4, -0.2) is 45.2 Å². The molecule has 0 radical (unpaired) electrons. The maximum atomic E-state index is 12.3. The van der Waals surface area contributed by atoms with E-state index in [2.05, 4.69) is 10.3 Å². The molecule has 2 aromatic carbocycles. The first kappa shape index (κ1) is 19.0. The first-order valence-corrected chi connectivity index (χ1v) is 9.47. The molecule has 0 aliphatic rings. The molecule has 3 aromatic rings. The molecule has 0 atom stereocenters. The van der Waals surface area contributed by atoms with Gasteiger partial charge in [-0.1, -0.05) is 35.6 Å². The highest BCUT2D eigenvalue weighted by Crippen LogP contribution is 2.33. The summed E-state index contributed by atoms with van der Waals surface area (Å²) >= 11 is 1.54. The average Bonchev–Trinajstić information content (AvgIpc) is 3.13. The number of aromatic nitrogens is 1. The number of methoxy groups -OCH3 is 2. The maximum absolute atomic E-state index is 12.3. The van der Waals surface area contributed by atoms with Crippen LogP contribution in [0, 0.1) is 0 Å². The van der Waals surface area contributed by atoms with Gasteiger partial charge in [0.05, 0.1) is 25.5 Å². The minimum absolute atomic E-state index is 0.0429. The van der Waals surface area contributed by atoms with Gasteiger partial charge in [-0.3, -0.25) is 4.79 Å². The van der Waals surface area contributed by atoms with Crippen LogP contribution >= 0.6 is 11.3 Å². The lowest BCUT2D eigenvalue weighted by atomic mass is 10.1. The summed E-state index contributed by atoms with van der Waals surface area (Å²) < 4.78 is 11.7. The summed E-state index contributed by atoms with van der Waals surface area (Å²) in [5, 5.41) is 3.74. The SMILES string of the molecule is COc1ccccc1CCNC(=O)CN(C)c1nc2c(OC)cccc2s1. The quantitative estimate of drug-likeness (QED) is 0.646. The number of anilines is 1. The van der Waals surface area contributed by atoms with Crippen molar-refractivity contribution in [2.45, 2.75) is 6.42 Å². The Balaban J connectivity index is 1.56. The van der Waals surface area contributed by atoms with Crippen molar-refractivity contribution in [2.75, 3.05) is 39.3 Å². The second-order valence-electron chi connectivity index (χ2n) is 6.07. The van der Waals surface area contributed by atoms with E-state index in [0.29, 0.717) is 6.54 Å². The first-order valence-electron chi connectivity index (χ1n) is 8.65. The highest BCUT2D eigenvalue weighted by Gasteiger charge is 2.14. The fourth-order valence-electron chi connectivity index (χ4n) is 2.82. The van der Waals surface area contributed by atoms with Gasteiger partial charge in [-0.2, -0.15) is 0 Å². The van der Waals surface area contributed by atoms with Gasteiger partial charge < -0.3 is 19.7 Å². The fraction of sp³-hybridized carbons (Fsp3) is 0.300. The number of benzene rings is 2. The third-order valence-corrected chi connectivity index (χ3v) is 5.34. The number of ether oxygens (including phenoxy) is 2. The van der Waals surface area contributed by atoms with Crippen molar-refractivity contribution >= 4 is 32.6 Å². The van der Waals surface area contributed by atoms with Crippen LogP contribution in [0.15, 0.2) is 42.5 Å². The molecule has 1 amide bonds. The molecule has 7 heteroatoms. The van der Waals surface area contributed by atoms with Crippen LogP contribution in [0.4, 0.5) is 5.13 Å². The monoisotopic (exact) mass is 385 g/mol. The Morgan fingerprint density at radius 1 is 1.11 bits per heavy atom. The maximum Gasteiger partial charge on any atom is 0.239 e. The van der Waals surface area contributed by atoms with Crippen LogP contribution in [0.3, 0.4) is 0 Å². The summed E-state index contributed by atoms with van der Waals surface area (Å²) in [5.74, 6) is 1.54. The zero-order valence-electron chi connectivity index (χ0n) is 15.7. The van der Waals surface area contributed by atoms with E-state index in [1.165, 1.54) is 0 Å². The van der Waals surface area contributed by atoms with Crippen molar-refractivity contribution in [3.63, 3.8) is 0 Å². The molecule has 0 spiro atoms. The Labute approximate surface area is 162 Å². The Bertz CT molecular complexity index is 926. The van der Waals surface area contributed by atoms with Crippen molar-refractivity contribution in [3.05, 3.63) is 48.0 Å². The standard InChI is InChI=1S/C20H23N3O3S/c1-23(20-22-19-16(26-3)9-6-10-17(19)27-20)13-18(24)21-12-11-14-7-4-5-8-15(14)25-2/h4-10H,11-13H2,1-3H3,(H,21,24). The molecule has 0 saturated heterocycles. The average molecular weight is 385 g/mol. The number of amides is 1. The Morgan fingerprint density at radius 3 is 2.63 bits per heavy atom. The summed E-state index contributed by atoms with van der Waals surface area (Å²) in [6, 6.07) is 13.7. The molecule has 0 aliphatic heterocycles. The predicted molar refractivity (Wildman–Crippen MR) is 109 cm³/mol. The van der Waals surface area contributed by atoms with Crippen molar-refractivity contribution in [1.82, 2.24) is 10.3 Å². The molecule has 0 fully saturated rings. The Hall–Kier alpha value is -2.80. The highest BCUT2D eigenvalue weighted by molar-refractivity contribution is 7.22. The molecule has 1 heterocycles. The number of hydrogen-bond acceptors (Lipinski definition) is 6. The number of nitrogens with zero attached hydrogens (tertiary/aromatic N) is 2. The summed E-state index contributed by atoms with van der Waals surface area (Å²) in [4.78, 5) is 18.7. The van der Waals surface area contributed by atoms with Gasteiger partial charge in [-0.25, -0.2) is 4.98 Å². The van der Waals surface area contributed by atoms with Gasteiger partial charge in [-0.05, 0) is 30.2 Å². The van der Waals surface area contributed by atoms with Gasteiger partial charge in [0, 0.05) is 13.6 Å². The molecular weight excluding hydrogens is 362 g/mol. The van der Waals surface area contributed by atoms with Crippen LogP contribution in [0.1, 0.15) is 5.56 Å². The van der Waals surface area contributed by atoms with Crippen LogP contribution in [0.25, 0.3) is 10.2 Å². The zero-order valence-corrected chi connectivity index (χ0v) is 16.5. The molecule has 1 aromatic heterocycles. The van der Waals surface area contributed by atoms with Gasteiger partial charge in [0.15, 0.2) is 5.13 Å². The third-order valence-electron chi connectivity index (χ3n) is 4.21. The largest absolute Gasteiger partial charge is 0.496 e. The number of para-hydroxylation sites is 2. The van der Waals surface area contributed by atoms with Crippen molar-refractivity contribution in [1.29, 1.82) is 0 Å². The Kier molecular flexibility index (Phi) is 6.13. The van der Waals surface area contributed by atoms with Gasteiger partial charge in [0.1, 0.15) is 17.0 Å². The lowest BCUT2D eigenvalue weighted by Crippen LogP contribution is -2.36. The van der Waals surface area contributed by atoms with E-state index in [4.69, 9.17) is 9.47 Å². The zero-order chi connectivity index (χ0) is 19.2. The minimum Gasteiger partial charge on any atom is -0.496 e. The van der Waals surface area contributed by atoms with E-state index in [1.54, 1.807) is 25.6 Å². The smallest absolute Gasteiger partial charge is 0.239 e. The van der Waals surface area contributed by atoms with Gasteiger partial charge >= 0.3 is 0 Å². The molecule has 6 nitrogen and oxygen atoms in total. The summed E-state index contributed by atoms with van der Waals surface area (Å²) in [6.45, 7) is 0.800. The second kappa shape index (κ2) is 8.73. The molecule has 0 unspecified atom stereocenters. The summed E-state index contributed by atoms with van der Waals surface area (Å²) in [5.41, 5.74) is 1.90. The van der Waals surface area contributed by atoms with E-state index in [-0.39, 0.29) is 12.5 Å². The summed E-state index contributed by atoms with van der Waals surface area (Å²) in [7, 11) is 5.15. The van der Waals surface area contributed by atoms with Crippen molar-refractivity contribution in [3.8, 4) is 11.5 Å². The van der Waals surface area contributed by atoms with E-state index >= 15 is 0 Å². The molecule has 0 bridgehead atoms. The number of fused-ring (bicyclic) bond motifs is 1. The lowest BCUT2D eigenvalue weighted by Gasteiger charge is -2.15. The molecule has 1 N–H and O–H groups in total. The summed E-state index contributed by atoms with van der Waals surface area (Å²) in [6.07, 6.45) is 0.720. The topological polar surface area (TPSA) is 63.7 Å². The number of carbonyl (C=O) groups excluding carboxylic acids is 1. The number of hydrogen-bond donors (Lipinski definition) is 1. The van der Waals surface area contributed by atoms with Crippen molar-refractivity contribution in [2.24, 2.45) is 0 Å². The van der Waals surface area contributed by atoms with E-state index in [9.17, 15) is 4.79 Å². The predicted octanol–water partition coefficient (Wildman–Crippen LogP) is 3.11. The molecule has 0 saturated carbocycles. The van der Waals surface area contributed by atoms with E-state index in [0.717, 1.165) is 38.8 Å². The minimum atomic E-state index is -0.0429. The molecular formula is C20H23N3O3S. The number of thiazole rings is 1. The number of likely N-dealkylation sites (N-methyl/N-ethyl adjacent to an activating group) is 1.